The summed E-state index contributed by atoms with van der Waals surface area (Å²) in [5, 5.41) is 21.0. The third-order valence-electron chi connectivity index (χ3n) is 16.5. The number of nitrogens with one attached hydrogen (secondary N) is 5. The molecule has 114 heavy (non-hydrogen) atoms. The molecule has 0 aliphatic carbocycles. The largest absolute Gasteiger partial charge is 0.478 e. The van der Waals surface area contributed by atoms with Gasteiger partial charge in [-0.1, -0.05) is 6.92 Å². The normalized spacial score (nSPS) is 21.8. The lowest BCUT2D eigenvalue weighted by atomic mass is 10.0. The molecule has 8 amide bonds. The summed E-state index contributed by atoms with van der Waals surface area (Å²) in [6.07, 6.45) is 16.1. The van der Waals surface area contributed by atoms with Gasteiger partial charge in [0, 0.05) is 139 Å². The molecule has 5 unspecified atom stereocenters. The molecule has 0 aromatic rings. The Kier molecular flexibility index (Phi) is 44.1. The molecular formula is C71H94N8O35. The SMILES string of the molecule is COC(=O)/C=C/C(=O)OCC1C(C)CC(=O)N1C.COC(=O)/C=C/C(=O)OCC1CCC(=O)N1C.COCCN1C(=O)CCC1COC(=O)/C=C/C(=O)OC.O=C(O)/C=C/C(=O)OCC1CCC(=O)N1.O=C1CC[C@@H](COC(=O)/C=C/C(=O)OC[C@@H]2COC(=O)N2)N1.O=C1CC[C@H](COC(=O)/C=C/C(=O)OC[C@H]2COC(=O)N2)N1. The summed E-state index contributed by atoms with van der Waals surface area (Å²) in [5.74, 6) is -8.43. The van der Waals surface area contributed by atoms with E-state index in [1.54, 1.807) is 35.9 Å². The van der Waals surface area contributed by atoms with Crippen molar-refractivity contribution in [2.45, 2.75) is 126 Å². The minimum Gasteiger partial charge on any atom is -0.478 e. The molecule has 8 aliphatic rings. The number of carbonyl (C=O) groups excluding carboxylic acids is 19. The van der Waals surface area contributed by atoms with Crippen molar-refractivity contribution >= 4 is 119 Å². The van der Waals surface area contributed by atoms with Crippen molar-refractivity contribution < 1.29 is 167 Å². The summed E-state index contributed by atoms with van der Waals surface area (Å²) < 4.78 is 66.3. The summed E-state index contributed by atoms with van der Waals surface area (Å²) in [5.41, 5.74) is 0. The number of cyclic esters (lactones) is 2. The highest BCUT2D eigenvalue weighted by Gasteiger charge is 2.36. The zero-order valence-electron chi connectivity index (χ0n) is 63.6. The first-order valence-electron chi connectivity index (χ1n) is 35.1. The number of hydrogen-bond acceptors (Lipinski definition) is 34. The third-order valence-corrected chi connectivity index (χ3v) is 16.5. The van der Waals surface area contributed by atoms with E-state index in [1.165, 1.54) is 21.3 Å². The van der Waals surface area contributed by atoms with E-state index < -0.39 is 83.8 Å². The molecule has 0 aromatic carbocycles. The molecule has 43 nitrogen and oxygen atoms in total. The van der Waals surface area contributed by atoms with Gasteiger partial charge in [0.2, 0.25) is 35.4 Å². The number of aliphatic carboxylic acids is 1. The van der Waals surface area contributed by atoms with Crippen molar-refractivity contribution in [3.63, 3.8) is 0 Å². The van der Waals surface area contributed by atoms with Crippen LogP contribution in [-0.4, -0.2) is 309 Å². The van der Waals surface area contributed by atoms with Crippen molar-refractivity contribution in [2.24, 2.45) is 5.92 Å². The van der Waals surface area contributed by atoms with E-state index in [-0.39, 0.29) is 156 Å². The topological polar surface area (TPSA) is 561 Å². The number of likely N-dealkylation sites (N-methyl/N-ethyl adjacent to an activating group) is 2. The van der Waals surface area contributed by atoms with Gasteiger partial charge in [0.1, 0.15) is 78.2 Å². The molecule has 8 aliphatic heterocycles. The van der Waals surface area contributed by atoms with Gasteiger partial charge in [0.25, 0.3) is 0 Å². The number of carbonyl (C=O) groups is 20. The van der Waals surface area contributed by atoms with E-state index >= 15 is 0 Å². The zero-order chi connectivity index (χ0) is 84.7. The number of esters is 11. The zero-order valence-corrected chi connectivity index (χ0v) is 63.6. The van der Waals surface area contributed by atoms with E-state index in [0.29, 0.717) is 89.9 Å². The molecule has 6 N–H and O–H groups in total. The van der Waals surface area contributed by atoms with Gasteiger partial charge in [-0.2, -0.15) is 0 Å². The Morgan fingerprint density at radius 3 is 0.982 bits per heavy atom. The van der Waals surface area contributed by atoms with Crippen LogP contribution in [0.25, 0.3) is 0 Å². The van der Waals surface area contributed by atoms with Crippen LogP contribution in [0.3, 0.4) is 0 Å². The minimum atomic E-state index is -1.21. The number of methoxy groups -OCH3 is 4. The quantitative estimate of drug-likeness (QED) is 0.0235. The fourth-order valence-electron chi connectivity index (χ4n) is 10.2. The van der Waals surface area contributed by atoms with Crippen LogP contribution >= 0.6 is 0 Å². The maximum atomic E-state index is 11.6. The summed E-state index contributed by atoms with van der Waals surface area (Å²) in [7, 11) is 8.59. The second kappa shape index (κ2) is 52.5. The Balaban J connectivity index is 0.000000356. The van der Waals surface area contributed by atoms with Crippen LogP contribution in [-0.2, 0) is 153 Å². The van der Waals surface area contributed by atoms with Gasteiger partial charge >= 0.3 is 83.8 Å². The minimum absolute atomic E-state index is 0.0354. The van der Waals surface area contributed by atoms with E-state index in [9.17, 15) is 95.9 Å². The number of hydrogen-bond donors (Lipinski definition) is 6. The second-order valence-corrected chi connectivity index (χ2v) is 25.0. The molecule has 0 aromatic heterocycles. The van der Waals surface area contributed by atoms with E-state index in [4.69, 9.17) is 47.7 Å². The van der Waals surface area contributed by atoms with Gasteiger partial charge in [-0.3, -0.25) is 28.8 Å². The smallest absolute Gasteiger partial charge is 0.407 e. The number of likely N-dealkylation sites (tertiary alicyclic amines) is 3. The van der Waals surface area contributed by atoms with Crippen molar-refractivity contribution in [3.05, 3.63) is 72.9 Å². The molecule has 8 heterocycles. The Labute approximate surface area is 652 Å². The van der Waals surface area contributed by atoms with Crippen LogP contribution in [0.15, 0.2) is 72.9 Å². The van der Waals surface area contributed by atoms with E-state index in [1.807, 2.05) is 6.92 Å². The van der Waals surface area contributed by atoms with Gasteiger partial charge in [-0.05, 0) is 38.0 Å². The van der Waals surface area contributed by atoms with Crippen LogP contribution in [0.4, 0.5) is 9.59 Å². The molecule has 0 spiro atoms. The van der Waals surface area contributed by atoms with Crippen LogP contribution < -0.4 is 26.6 Å². The van der Waals surface area contributed by atoms with Gasteiger partial charge in [-0.25, -0.2) is 67.1 Å². The first kappa shape index (κ1) is 95.6. The number of ether oxygens (including phenoxy) is 14. The maximum absolute atomic E-state index is 11.6. The van der Waals surface area contributed by atoms with Crippen molar-refractivity contribution in [3.8, 4) is 0 Å². The number of alkyl carbamates (subject to hydrolysis) is 2. The maximum Gasteiger partial charge on any atom is 0.407 e. The molecule has 8 fully saturated rings. The predicted octanol–water partition coefficient (Wildman–Crippen LogP) is -2.62. The number of rotatable bonds is 31. The van der Waals surface area contributed by atoms with Gasteiger partial charge in [-0.15, -0.1) is 0 Å². The standard InChI is InChI=1S/2C13H16N2O7.C13H19NO6.C12H17NO5.C11H15NO5.C9H11NO5/c2*16-10-2-1-8(14-10)5-20-11(17)3-4-12(18)21-6-9-7-22-13(19)15-9;1-18-8-7-14-10(3-4-11(14)15)9-20-13(17)6-5-12(16)19-2;1-8-6-10(14)13(2)9(8)7-18-12(16)5-4-11(15)17-3;1-12-8(3-4-9(12)13)7-17-11(15)6-5-10(14)16-2;11-7-2-1-6(10-7)5-15-9(14)4-3-8(12)13/h2*3-4,8-9H,1-2,5-7H2,(H,14,16)(H,15,19);5-6,10H,3-4,7-9H2,1-2H3;4-5,8-9H,6-7H2,1-3H3;5-6,8H,3-4,7H2,1-2H3;3-4,6H,1-2,5H2,(H,10,11)(H,12,13)/b2*4-3+;6-5+;5-4+;6-5+;4-3+/t2*8-,9+;;;;/m10..../s1. The summed E-state index contributed by atoms with van der Waals surface area (Å²) in [6, 6.07) is -1.59. The fourth-order valence-corrected chi connectivity index (χ4v) is 10.2. The molecule has 0 radical (unpaired) electrons. The fraction of sp³-hybridized carbons (Fsp3) is 0.549. The molecule has 8 saturated heterocycles. The highest BCUT2D eigenvalue weighted by atomic mass is 16.6. The molecule has 8 rings (SSSR count). The molecule has 628 valence electrons. The molecule has 0 saturated carbocycles. The molecule has 43 heteroatoms. The number of carboxylic acid groups (broad SMARTS) is 1. The third kappa shape index (κ3) is 40.4. The second-order valence-electron chi connectivity index (χ2n) is 25.0. The van der Waals surface area contributed by atoms with Crippen molar-refractivity contribution in [1.82, 2.24) is 41.3 Å². The monoisotopic (exact) mass is 1620 g/mol. The Bertz CT molecular complexity index is 3430. The van der Waals surface area contributed by atoms with Crippen molar-refractivity contribution in [2.75, 3.05) is 122 Å². The van der Waals surface area contributed by atoms with Crippen LogP contribution in [0, 0.1) is 5.92 Å². The molecule has 9 atom stereocenters. The average Bonchev–Trinajstić information content (AvgIpc) is 1.71. The molecular weight excluding hydrogens is 1520 g/mol. The number of amides is 8. The highest BCUT2D eigenvalue weighted by Crippen LogP contribution is 2.24. The Morgan fingerprint density at radius 2 is 0.693 bits per heavy atom. The molecule has 0 bridgehead atoms. The van der Waals surface area contributed by atoms with E-state index in [2.05, 4.69) is 50.3 Å². The van der Waals surface area contributed by atoms with Crippen molar-refractivity contribution in [1.29, 1.82) is 0 Å². The summed E-state index contributed by atoms with van der Waals surface area (Å²) in [6.45, 7) is 3.63. The average molecular weight is 1620 g/mol. The van der Waals surface area contributed by atoms with Gasteiger partial charge in [0.05, 0.1) is 64.2 Å². The summed E-state index contributed by atoms with van der Waals surface area (Å²) >= 11 is 0. The van der Waals surface area contributed by atoms with E-state index in [0.717, 1.165) is 66.8 Å². The summed E-state index contributed by atoms with van der Waals surface area (Å²) in [4.78, 5) is 226. The number of nitrogens with zero attached hydrogens (tertiary/aromatic N) is 3. The van der Waals surface area contributed by atoms with Crippen LogP contribution in [0.2, 0.25) is 0 Å². The van der Waals surface area contributed by atoms with Crippen LogP contribution in [0.5, 0.6) is 0 Å². The lowest BCUT2D eigenvalue weighted by Crippen LogP contribution is -2.38. The first-order chi connectivity index (χ1) is 54.2. The predicted molar refractivity (Wildman–Crippen MR) is 379 cm³/mol. The van der Waals surface area contributed by atoms with Gasteiger partial charge < -0.3 is 113 Å². The van der Waals surface area contributed by atoms with Gasteiger partial charge in [0.15, 0.2) is 0 Å². The van der Waals surface area contributed by atoms with Crippen LogP contribution in [0.1, 0.15) is 77.6 Å². The lowest BCUT2D eigenvalue weighted by molar-refractivity contribution is -0.142. The Morgan fingerprint density at radius 1 is 0.377 bits per heavy atom. The first-order valence-corrected chi connectivity index (χ1v) is 35.1. The highest BCUT2D eigenvalue weighted by molar-refractivity contribution is 5.95. The lowest BCUT2D eigenvalue weighted by Gasteiger charge is -2.23. The number of carboxylic acids is 1. The Hall–Kier alpha value is -12.6.